The lowest BCUT2D eigenvalue weighted by Crippen LogP contribution is -2.42. The first kappa shape index (κ1) is 24.1. The molecule has 2 unspecified atom stereocenters. The van der Waals surface area contributed by atoms with Crippen molar-refractivity contribution in [1.29, 1.82) is 0 Å². The zero-order valence-corrected chi connectivity index (χ0v) is 17.4. The van der Waals surface area contributed by atoms with E-state index < -0.39 is 11.7 Å². The van der Waals surface area contributed by atoms with E-state index in [1.54, 1.807) is 19.1 Å². The fourth-order valence-electron chi connectivity index (χ4n) is 3.49. The molecule has 1 aromatic carbocycles. The van der Waals surface area contributed by atoms with Gasteiger partial charge < -0.3 is 20.3 Å². The summed E-state index contributed by atoms with van der Waals surface area (Å²) >= 11 is 0. The van der Waals surface area contributed by atoms with Gasteiger partial charge in [0.05, 0.1) is 12.2 Å². The minimum atomic E-state index is -4.35. The molecule has 0 aromatic heterocycles. The van der Waals surface area contributed by atoms with Crippen molar-refractivity contribution >= 4 is 11.8 Å². The average Bonchev–Trinajstić information content (AvgIpc) is 2.76. The first-order chi connectivity index (χ1) is 14.2. The maximum absolute atomic E-state index is 12.7. The summed E-state index contributed by atoms with van der Waals surface area (Å²) in [6.07, 6.45) is -2.04. The van der Waals surface area contributed by atoms with E-state index in [1.807, 2.05) is 0 Å². The second-order valence-corrected chi connectivity index (χ2v) is 7.66. The predicted molar refractivity (Wildman–Crippen MR) is 107 cm³/mol. The molecule has 168 valence electrons. The maximum Gasteiger partial charge on any atom is 0.416 e. The third-order valence-corrected chi connectivity index (χ3v) is 5.30. The summed E-state index contributed by atoms with van der Waals surface area (Å²) in [6.45, 7) is 1.72. The van der Waals surface area contributed by atoms with Gasteiger partial charge in [-0.1, -0.05) is 18.6 Å². The van der Waals surface area contributed by atoms with Crippen molar-refractivity contribution in [2.45, 2.75) is 44.4 Å². The van der Waals surface area contributed by atoms with Gasteiger partial charge in [0.2, 0.25) is 11.8 Å². The Kier molecular flexibility index (Phi) is 9.10. The van der Waals surface area contributed by atoms with E-state index in [-0.39, 0.29) is 30.2 Å². The van der Waals surface area contributed by atoms with Crippen LogP contribution in [0.2, 0.25) is 0 Å². The van der Waals surface area contributed by atoms with Crippen LogP contribution >= 0.6 is 0 Å². The van der Waals surface area contributed by atoms with Crippen molar-refractivity contribution in [1.82, 2.24) is 15.5 Å². The number of benzene rings is 1. The third kappa shape index (κ3) is 7.60. The van der Waals surface area contributed by atoms with Gasteiger partial charge in [-0.2, -0.15) is 13.2 Å². The Morgan fingerprint density at radius 1 is 1.23 bits per heavy atom. The summed E-state index contributed by atoms with van der Waals surface area (Å²) in [6, 6.07) is 5.06. The van der Waals surface area contributed by atoms with Crippen molar-refractivity contribution in [3.63, 3.8) is 0 Å². The van der Waals surface area contributed by atoms with Gasteiger partial charge >= 0.3 is 6.18 Å². The van der Waals surface area contributed by atoms with Crippen molar-refractivity contribution in [2.24, 2.45) is 5.92 Å². The topological polar surface area (TPSA) is 70.7 Å². The number of nitrogens with zero attached hydrogens (tertiary/aromatic N) is 1. The Bertz CT molecular complexity index is 695. The molecule has 0 spiro atoms. The number of amides is 2. The van der Waals surface area contributed by atoms with Gasteiger partial charge in [0.15, 0.2) is 0 Å². The summed E-state index contributed by atoms with van der Waals surface area (Å²) in [5.74, 6) is -0.597. The molecule has 2 amide bonds. The number of carbonyl (C=O) groups excluding carboxylic acids is 2. The Labute approximate surface area is 175 Å². The van der Waals surface area contributed by atoms with Crippen molar-refractivity contribution in [3.8, 4) is 0 Å². The van der Waals surface area contributed by atoms with Crippen LogP contribution in [-0.2, 0) is 27.0 Å². The average molecular weight is 429 g/mol. The number of halogens is 3. The number of carbonyl (C=O) groups is 2. The van der Waals surface area contributed by atoms with E-state index in [2.05, 4.69) is 10.6 Å². The first-order valence-electron chi connectivity index (χ1n) is 10.1. The van der Waals surface area contributed by atoms with Crippen LogP contribution in [0.1, 0.15) is 36.8 Å². The molecule has 2 atom stereocenters. The summed E-state index contributed by atoms with van der Waals surface area (Å²) in [4.78, 5) is 26.5. The number of likely N-dealkylation sites (N-methyl/N-ethyl adjacent to an activating group) is 1. The smallest absolute Gasteiger partial charge is 0.383 e. The van der Waals surface area contributed by atoms with Crippen LogP contribution in [0.15, 0.2) is 24.3 Å². The number of nitrogens with one attached hydrogen (secondary N) is 2. The molecule has 1 aromatic rings. The zero-order chi connectivity index (χ0) is 22.1. The van der Waals surface area contributed by atoms with Crippen LogP contribution in [0.5, 0.6) is 0 Å². The van der Waals surface area contributed by atoms with Crippen LogP contribution in [0.4, 0.5) is 13.2 Å². The number of hydrogen-bond donors (Lipinski definition) is 2. The number of hydrogen-bond acceptors (Lipinski definition) is 4. The molecule has 0 bridgehead atoms. The van der Waals surface area contributed by atoms with Crippen molar-refractivity contribution in [3.05, 3.63) is 35.4 Å². The minimum absolute atomic E-state index is 0.00320. The highest BCUT2D eigenvalue weighted by Crippen LogP contribution is 2.29. The summed E-state index contributed by atoms with van der Waals surface area (Å²) in [5, 5.41) is 6.14. The van der Waals surface area contributed by atoms with Crippen molar-refractivity contribution < 1.29 is 27.5 Å². The summed E-state index contributed by atoms with van der Waals surface area (Å²) < 4.78 is 43.0. The van der Waals surface area contributed by atoms with Gasteiger partial charge in [0, 0.05) is 52.2 Å². The molecule has 1 fully saturated rings. The van der Waals surface area contributed by atoms with E-state index in [9.17, 15) is 22.8 Å². The second-order valence-electron chi connectivity index (χ2n) is 7.66. The predicted octanol–water partition coefficient (Wildman–Crippen LogP) is 2.57. The third-order valence-electron chi connectivity index (χ3n) is 5.30. The van der Waals surface area contributed by atoms with Gasteiger partial charge in [0.25, 0.3) is 0 Å². The fraction of sp³-hybridized carbons (Fsp3) is 0.619. The molecule has 9 heteroatoms. The summed E-state index contributed by atoms with van der Waals surface area (Å²) in [5.41, 5.74) is 0.0705. The van der Waals surface area contributed by atoms with Crippen LogP contribution in [0.25, 0.3) is 0 Å². The van der Waals surface area contributed by atoms with E-state index >= 15 is 0 Å². The molecule has 2 N–H and O–H groups in total. The molecule has 6 nitrogen and oxygen atoms in total. The SMILES string of the molecule is COCCNC(=O)C1CCCC(NCc2ccc(C(F)(F)F)cc2)CN(C)C(=O)C1. The van der Waals surface area contributed by atoms with E-state index in [1.165, 1.54) is 12.1 Å². The second kappa shape index (κ2) is 11.3. The highest BCUT2D eigenvalue weighted by atomic mass is 19.4. The van der Waals surface area contributed by atoms with Gasteiger partial charge in [-0.15, -0.1) is 0 Å². The molecule has 1 heterocycles. The Morgan fingerprint density at radius 3 is 2.57 bits per heavy atom. The Morgan fingerprint density at radius 2 is 1.93 bits per heavy atom. The lowest BCUT2D eigenvalue weighted by molar-refractivity contribution is -0.137. The van der Waals surface area contributed by atoms with E-state index in [0.717, 1.165) is 30.5 Å². The molecule has 0 aliphatic carbocycles. The quantitative estimate of drug-likeness (QED) is 0.654. The normalized spacial score (nSPS) is 21.0. The largest absolute Gasteiger partial charge is 0.416 e. The van der Waals surface area contributed by atoms with E-state index in [0.29, 0.717) is 32.7 Å². The van der Waals surface area contributed by atoms with Crippen LogP contribution in [0.3, 0.4) is 0 Å². The molecule has 1 aliphatic rings. The van der Waals surface area contributed by atoms with Crippen LogP contribution in [0, 0.1) is 5.92 Å². The molecule has 0 saturated carbocycles. The number of alkyl halides is 3. The maximum atomic E-state index is 12.7. The lowest BCUT2D eigenvalue weighted by Gasteiger charge is -2.24. The molecule has 30 heavy (non-hydrogen) atoms. The Balaban J connectivity index is 1.91. The molecule has 1 saturated heterocycles. The lowest BCUT2D eigenvalue weighted by atomic mass is 9.96. The number of rotatable bonds is 7. The number of ether oxygens (including phenoxy) is 1. The molecular formula is C21H30F3N3O3. The van der Waals surface area contributed by atoms with E-state index in [4.69, 9.17) is 4.74 Å². The minimum Gasteiger partial charge on any atom is -0.383 e. The molecule has 0 radical (unpaired) electrons. The fourth-order valence-corrected chi connectivity index (χ4v) is 3.49. The van der Waals surface area contributed by atoms with Gasteiger partial charge in [0.1, 0.15) is 0 Å². The number of methoxy groups -OCH3 is 1. The van der Waals surface area contributed by atoms with Crippen molar-refractivity contribution in [2.75, 3.05) is 33.9 Å². The summed E-state index contributed by atoms with van der Waals surface area (Å²) in [7, 11) is 3.27. The zero-order valence-electron chi connectivity index (χ0n) is 17.4. The Hall–Kier alpha value is -2.13. The molecular weight excluding hydrogens is 399 g/mol. The van der Waals surface area contributed by atoms with Gasteiger partial charge in [-0.25, -0.2) is 0 Å². The first-order valence-corrected chi connectivity index (χ1v) is 10.1. The van der Waals surface area contributed by atoms with Crippen LogP contribution in [-0.4, -0.2) is 56.6 Å². The molecule has 2 rings (SSSR count). The molecule has 1 aliphatic heterocycles. The van der Waals surface area contributed by atoms with Crippen LogP contribution < -0.4 is 10.6 Å². The standard InChI is InChI=1S/C21H30F3N3O3/c1-27-14-18(26-13-15-6-8-17(9-7-15)21(22,23)24)5-3-4-16(12-19(27)28)20(29)25-10-11-30-2/h6-9,16,18,26H,3-5,10-14H2,1-2H3,(H,25,29). The highest BCUT2D eigenvalue weighted by Gasteiger charge is 2.30. The van der Waals surface area contributed by atoms with Gasteiger partial charge in [-0.05, 0) is 30.5 Å². The van der Waals surface area contributed by atoms with Gasteiger partial charge in [-0.3, -0.25) is 9.59 Å². The monoisotopic (exact) mass is 429 g/mol. The highest BCUT2D eigenvalue weighted by molar-refractivity contribution is 5.85.